The molecule has 0 aliphatic carbocycles. The third-order valence-corrected chi connectivity index (χ3v) is 3.52. The zero-order valence-electron chi connectivity index (χ0n) is 8.94. The molecule has 0 aliphatic rings. The Bertz CT molecular complexity index is 539. The van der Waals surface area contributed by atoms with Crippen molar-refractivity contribution in [3.8, 4) is 0 Å². The molecule has 0 radical (unpaired) electrons. The maximum atomic E-state index is 11.7. The standard InChI is InChI=1S/C12H11ClN2OS/c13-11-6-5-10(17-11)12(16)15-7-8-3-1-2-4-9(8)14/h1-6H,7,14H2,(H,15,16). The number of carbonyl (C=O) groups excluding carboxylic acids is 1. The van der Waals surface area contributed by atoms with Crippen molar-refractivity contribution in [1.82, 2.24) is 5.32 Å². The van der Waals surface area contributed by atoms with E-state index in [9.17, 15) is 4.79 Å². The highest BCUT2D eigenvalue weighted by Crippen LogP contribution is 2.21. The molecule has 0 spiro atoms. The highest BCUT2D eigenvalue weighted by atomic mass is 35.5. The quantitative estimate of drug-likeness (QED) is 0.840. The second-order valence-electron chi connectivity index (χ2n) is 3.49. The van der Waals surface area contributed by atoms with E-state index in [1.54, 1.807) is 12.1 Å². The van der Waals surface area contributed by atoms with Crippen LogP contribution in [0, 0.1) is 0 Å². The highest BCUT2D eigenvalue weighted by molar-refractivity contribution is 7.17. The summed E-state index contributed by atoms with van der Waals surface area (Å²) in [5, 5.41) is 2.80. The molecule has 17 heavy (non-hydrogen) atoms. The molecule has 0 saturated heterocycles. The molecule has 0 fully saturated rings. The number of para-hydroxylation sites is 1. The largest absolute Gasteiger partial charge is 0.398 e. The predicted molar refractivity (Wildman–Crippen MR) is 71.4 cm³/mol. The van der Waals surface area contributed by atoms with E-state index in [4.69, 9.17) is 17.3 Å². The van der Waals surface area contributed by atoms with Crippen LogP contribution in [0.4, 0.5) is 5.69 Å². The molecule has 0 saturated carbocycles. The van der Waals surface area contributed by atoms with Crippen molar-refractivity contribution in [2.75, 3.05) is 5.73 Å². The number of carbonyl (C=O) groups is 1. The fraction of sp³-hybridized carbons (Fsp3) is 0.0833. The molecule has 5 heteroatoms. The summed E-state index contributed by atoms with van der Waals surface area (Å²) >= 11 is 7.02. The number of anilines is 1. The third kappa shape index (κ3) is 2.99. The van der Waals surface area contributed by atoms with Crippen LogP contribution in [0.25, 0.3) is 0 Å². The van der Waals surface area contributed by atoms with Crippen molar-refractivity contribution >= 4 is 34.5 Å². The van der Waals surface area contributed by atoms with Crippen molar-refractivity contribution in [2.45, 2.75) is 6.54 Å². The first kappa shape index (κ1) is 12.0. The fourth-order valence-electron chi connectivity index (χ4n) is 1.39. The topological polar surface area (TPSA) is 55.1 Å². The molecule has 0 aliphatic heterocycles. The molecular weight excluding hydrogens is 256 g/mol. The molecule has 1 amide bonds. The Hall–Kier alpha value is -1.52. The predicted octanol–water partition coefficient (Wildman–Crippen LogP) is 2.91. The molecule has 0 bridgehead atoms. The van der Waals surface area contributed by atoms with Crippen molar-refractivity contribution in [2.24, 2.45) is 0 Å². The van der Waals surface area contributed by atoms with Crippen molar-refractivity contribution in [3.05, 3.63) is 51.2 Å². The van der Waals surface area contributed by atoms with Gasteiger partial charge in [0, 0.05) is 12.2 Å². The van der Waals surface area contributed by atoms with E-state index in [2.05, 4.69) is 5.32 Å². The molecule has 3 N–H and O–H groups in total. The average molecular weight is 267 g/mol. The van der Waals surface area contributed by atoms with Crippen LogP contribution in [0.5, 0.6) is 0 Å². The molecule has 1 aromatic carbocycles. The number of amides is 1. The maximum Gasteiger partial charge on any atom is 0.261 e. The summed E-state index contributed by atoms with van der Waals surface area (Å²) in [5.74, 6) is -0.134. The van der Waals surface area contributed by atoms with Gasteiger partial charge in [0.25, 0.3) is 5.91 Å². The maximum absolute atomic E-state index is 11.7. The summed E-state index contributed by atoms with van der Waals surface area (Å²) in [5.41, 5.74) is 7.36. The van der Waals surface area contributed by atoms with E-state index in [1.165, 1.54) is 11.3 Å². The molecule has 2 aromatic rings. The molecule has 1 aromatic heterocycles. The molecule has 0 atom stereocenters. The molecule has 0 unspecified atom stereocenters. The van der Waals surface area contributed by atoms with Gasteiger partial charge in [0.05, 0.1) is 9.21 Å². The number of hydrogen-bond donors (Lipinski definition) is 2. The van der Waals surface area contributed by atoms with Crippen LogP contribution in [0.2, 0.25) is 4.34 Å². The van der Waals surface area contributed by atoms with Gasteiger partial charge in [-0.25, -0.2) is 0 Å². The lowest BCUT2D eigenvalue weighted by atomic mass is 10.2. The van der Waals surface area contributed by atoms with Crippen LogP contribution in [0.1, 0.15) is 15.2 Å². The molecule has 1 heterocycles. The number of benzene rings is 1. The summed E-state index contributed by atoms with van der Waals surface area (Å²) in [7, 11) is 0. The first-order valence-corrected chi connectivity index (χ1v) is 6.23. The number of nitrogens with two attached hydrogens (primary N) is 1. The first-order chi connectivity index (χ1) is 8.16. The Labute approximate surface area is 108 Å². The number of halogens is 1. The number of hydrogen-bond acceptors (Lipinski definition) is 3. The number of nitrogen functional groups attached to an aromatic ring is 1. The van der Waals surface area contributed by atoms with Crippen LogP contribution in [-0.2, 0) is 6.54 Å². The number of thiophene rings is 1. The van der Waals surface area contributed by atoms with Gasteiger partial charge in [0.1, 0.15) is 0 Å². The molecule has 2 rings (SSSR count). The minimum Gasteiger partial charge on any atom is -0.398 e. The monoisotopic (exact) mass is 266 g/mol. The van der Waals surface area contributed by atoms with Gasteiger partial charge in [-0.15, -0.1) is 11.3 Å². The zero-order valence-corrected chi connectivity index (χ0v) is 10.5. The Balaban J connectivity index is 1.99. The van der Waals surface area contributed by atoms with Gasteiger partial charge in [-0.05, 0) is 23.8 Å². The molecule has 88 valence electrons. The second-order valence-corrected chi connectivity index (χ2v) is 5.20. The van der Waals surface area contributed by atoms with Crippen LogP contribution in [0.15, 0.2) is 36.4 Å². The lowest BCUT2D eigenvalue weighted by Crippen LogP contribution is -2.22. The number of rotatable bonds is 3. The van der Waals surface area contributed by atoms with Crippen LogP contribution < -0.4 is 11.1 Å². The Morgan fingerprint density at radius 3 is 2.71 bits per heavy atom. The van der Waals surface area contributed by atoms with Gasteiger partial charge in [-0.1, -0.05) is 29.8 Å². The third-order valence-electron chi connectivity index (χ3n) is 2.29. The Kier molecular flexibility index (Phi) is 3.66. The summed E-state index contributed by atoms with van der Waals surface area (Å²) in [6, 6.07) is 10.9. The van der Waals surface area contributed by atoms with E-state index >= 15 is 0 Å². The van der Waals surface area contributed by atoms with Gasteiger partial charge in [-0.3, -0.25) is 4.79 Å². The molecular formula is C12H11ClN2OS. The van der Waals surface area contributed by atoms with E-state index in [1.807, 2.05) is 24.3 Å². The Morgan fingerprint density at radius 1 is 1.29 bits per heavy atom. The lowest BCUT2D eigenvalue weighted by Gasteiger charge is -2.06. The smallest absolute Gasteiger partial charge is 0.261 e. The fourth-order valence-corrected chi connectivity index (χ4v) is 2.35. The summed E-state index contributed by atoms with van der Waals surface area (Å²) < 4.78 is 0.606. The van der Waals surface area contributed by atoms with Crippen molar-refractivity contribution in [3.63, 3.8) is 0 Å². The number of nitrogens with one attached hydrogen (secondary N) is 1. The SMILES string of the molecule is Nc1ccccc1CNC(=O)c1ccc(Cl)s1. The normalized spacial score (nSPS) is 10.2. The van der Waals surface area contributed by atoms with Crippen molar-refractivity contribution in [1.29, 1.82) is 0 Å². The second kappa shape index (κ2) is 5.21. The van der Waals surface area contributed by atoms with Crippen molar-refractivity contribution < 1.29 is 4.79 Å². The summed E-state index contributed by atoms with van der Waals surface area (Å²) in [6.45, 7) is 0.418. The van der Waals surface area contributed by atoms with Gasteiger partial charge in [-0.2, -0.15) is 0 Å². The van der Waals surface area contributed by atoms with Gasteiger partial charge >= 0.3 is 0 Å². The van der Waals surface area contributed by atoms with Crippen LogP contribution >= 0.6 is 22.9 Å². The van der Waals surface area contributed by atoms with E-state index in [-0.39, 0.29) is 5.91 Å². The summed E-state index contributed by atoms with van der Waals surface area (Å²) in [6.07, 6.45) is 0. The summed E-state index contributed by atoms with van der Waals surface area (Å²) in [4.78, 5) is 12.3. The lowest BCUT2D eigenvalue weighted by molar-refractivity contribution is 0.0955. The van der Waals surface area contributed by atoms with Crippen LogP contribution in [-0.4, -0.2) is 5.91 Å². The molecule has 3 nitrogen and oxygen atoms in total. The van der Waals surface area contributed by atoms with Crippen LogP contribution in [0.3, 0.4) is 0 Å². The first-order valence-electron chi connectivity index (χ1n) is 5.04. The Morgan fingerprint density at radius 2 is 2.06 bits per heavy atom. The van der Waals surface area contributed by atoms with E-state index in [0.717, 1.165) is 5.56 Å². The minimum absolute atomic E-state index is 0.134. The van der Waals surface area contributed by atoms with Gasteiger partial charge < -0.3 is 11.1 Å². The highest BCUT2D eigenvalue weighted by Gasteiger charge is 2.08. The zero-order chi connectivity index (χ0) is 12.3. The van der Waals surface area contributed by atoms with E-state index < -0.39 is 0 Å². The van der Waals surface area contributed by atoms with E-state index in [0.29, 0.717) is 21.4 Å². The van der Waals surface area contributed by atoms with Gasteiger partial charge in [0.15, 0.2) is 0 Å². The average Bonchev–Trinajstić information content (AvgIpc) is 2.74. The van der Waals surface area contributed by atoms with Gasteiger partial charge in [0.2, 0.25) is 0 Å². The minimum atomic E-state index is -0.134.